The summed E-state index contributed by atoms with van der Waals surface area (Å²) in [5.74, 6) is 1.30. The molecule has 0 bridgehead atoms. The summed E-state index contributed by atoms with van der Waals surface area (Å²) in [5.41, 5.74) is -0.586. The van der Waals surface area contributed by atoms with Gasteiger partial charge in [0, 0.05) is 32.8 Å². The van der Waals surface area contributed by atoms with Crippen molar-refractivity contribution in [2.45, 2.75) is 25.6 Å². The molecular formula is C15H15F3N6. The zero-order chi connectivity index (χ0) is 17.3. The van der Waals surface area contributed by atoms with Crippen LogP contribution < -0.4 is 4.90 Å². The maximum absolute atomic E-state index is 12.7. The molecule has 0 spiro atoms. The van der Waals surface area contributed by atoms with Crippen molar-refractivity contribution in [3.63, 3.8) is 0 Å². The van der Waals surface area contributed by atoms with Crippen LogP contribution in [0, 0.1) is 17.2 Å². The number of hydrogen-bond acceptors (Lipinski definition) is 5. The molecule has 0 saturated heterocycles. The SMILES string of the molecule is CN(C[C@@H]1CCc2nc(C(F)(F)F)cn2C1)c1cnc(C#N)cn1. The van der Waals surface area contributed by atoms with Gasteiger partial charge in [-0.1, -0.05) is 0 Å². The van der Waals surface area contributed by atoms with E-state index in [0.29, 0.717) is 31.2 Å². The summed E-state index contributed by atoms with van der Waals surface area (Å²) >= 11 is 0. The van der Waals surface area contributed by atoms with Crippen LogP contribution in [0.25, 0.3) is 0 Å². The van der Waals surface area contributed by atoms with E-state index in [4.69, 9.17) is 5.26 Å². The first-order valence-electron chi connectivity index (χ1n) is 7.43. The van der Waals surface area contributed by atoms with Crippen molar-refractivity contribution in [3.8, 4) is 6.07 Å². The van der Waals surface area contributed by atoms with Gasteiger partial charge in [0.05, 0.1) is 12.4 Å². The van der Waals surface area contributed by atoms with Crippen molar-refractivity contribution >= 4 is 5.82 Å². The van der Waals surface area contributed by atoms with Gasteiger partial charge in [0.25, 0.3) is 0 Å². The number of nitriles is 1. The molecule has 9 heteroatoms. The molecular weight excluding hydrogens is 321 g/mol. The van der Waals surface area contributed by atoms with Gasteiger partial charge in [-0.3, -0.25) is 0 Å². The van der Waals surface area contributed by atoms with Crippen LogP contribution in [0.5, 0.6) is 0 Å². The number of imidazole rings is 1. The van der Waals surface area contributed by atoms with Gasteiger partial charge in [-0.15, -0.1) is 0 Å². The maximum atomic E-state index is 12.7. The Balaban J connectivity index is 1.67. The van der Waals surface area contributed by atoms with E-state index >= 15 is 0 Å². The smallest absolute Gasteiger partial charge is 0.358 e. The highest BCUT2D eigenvalue weighted by Gasteiger charge is 2.35. The zero-order valence-electron chi connectivity index (χ0n) is 13.0. The second kappa shape index (κ2) is 6.11. The summed E-state index contributed by atoms with van der Waals surface area (Å²) in [6.07, 6.45) is 0.885. The molecule has 0 aromatic carbocycles. The summed E-state index contributed by atoms with van der Waals surface area (Å²) in [7, 11) is 1.85. The Morgan fingerprint density at radius 1 is 1.38 bits per heavy atom. The van der Waals surface area contributed by atoms with Crippen LogP contribution in [-0.4, -0.2) is 33.1 Å². The van der Waals surface area contributed by atoms with E-state index in [0.717, 1.165) is 12.6 Å². The number of halogens is 3. The molecule has 24 heavy (non-hydrogen) atoms. The second-order valence-corrected chi connectivity index (χ2v) is 5.85. The summed E-state index contributed by atoms with van der Waals surface area (Å²) in [6.45, 7) is 1.13. The lowest BCUT2D eigenvalue weighted by molar-refractivity contribution is -0.141. The summed E-state index contributed by atoms with van der Waals surface area (Å²) in [6, 6.07) is 1.91. The molecule has 2 aromatic heterocycles. The quantitative estimate of drug-likeness (QED) is 0.860. The first-order chi connectivity index (χ1) is 11.4. The lowest BCUT2D eigenvalue weighted by Crippen LogP contribution is -2.32. The molecule has 1 aliphatic rings. The molecule has 0 radical (unpaired) electrons. The molecule has 0 saturated carbocycles. The first-order valence-corrected chi connectivity index (χ1v) is 7.43. The Labute approximate surface area is 136 Å². The molecule has 126 valence electrons. The van der Waals surface area contributed by atoms with Crippen molar-refractivity contribution in [1.29, 1.82) is 5.26 Å². The Morgan fingerprint density at radius 3 is 2.79 bits per heavy atom. The Bertz CT molecular complexity index is 759. The number of alkyl halides is 3. The first kappa shape index (κ1) is 16.2. The number of aromatic nitrogens is 4. The van der Waals surface area contributed by atoms with Gasteiger partial charge < -0.3 is 9.47 Å². The molecule has 0 amide bonds. The van der Waals surface area contributed by atoms with Crippen LogP contribution in [0.3, 0.4) is 0 Å². The highest BCUT2D eigenvalue weighted by Crippen LogP contribution is 2.31. The highest BCUT2D eigenvalue weighted by molar-refractivity contribution is 5.36. The van der Waals surface area contributed by atoms with E-state index in [1.165, 1.54) is 12.4 Å². The van der Waals surface area contributed by atoms with Crippen molar-refractivity contribution in [2.24, 2.45) is 5.92 Å². The normalized spacial score (nSPS) is 17.2. The molecule has 0 unspecified atom stereocenters. The van der Waals surface area contributed by atoms with Gasteiger partial charge in [-0.25, -0.2) is 15.0 Å². The van der Waals surface area contributed by atoms with Gasteiger partial charge in [0.1, 0.15) is 17.7 Å². The predicted molar refractivity (Wildman–Crippen MR) is 79.1 cm³/mol. The van der Waals surface area contributed by atoms with Crippen molar-refractivity contribution in [1.82, 2.24) is 19.5 Å². The minimum absolute atomic E-state index is 0.190. The molecule has 0 fully saturated rings. The fraction of sp³-hybridized carbons (Fsp3) is 0.467. The highest BCUT2D eigenvalue weighted by atomic mass is 19.4. The standard InChI is InChI=1S/C15H15F3N6/c1-23(14-6-20-11(4-19)5-21-14)7-10-2-3-13-22-12(15(16,17)18)9-24(13)8-10/h5-6,9-10H,2-3,7-8H2,1H3/t10-/m0/s1. The van der Waals surface area contributed by atoms with Gasteiger partial charge in [0.2, 0.25) is 0 Å². The van der Waals surface area contributed by atoms with Crippen LogP contribution in [0.2, 0.25) is 0 Å². The number of fused-ring (bicyclic) bond motifs is 1. The Morgan fingerprint density at radius 2 is 2.17 bits per heavy atom. The van der Waals surface area contributed by atoms with Crippen molar-refractivity contribution < 1.29 is 13.2 Å². The average Bonchev–Trinajstić information content (AvgIpc) is 2.98. The van der Waals surface area contributed by atoms with E-state index in [2.05, 4.69) is 15.0 Å². The van der Waals surface area contributed by atoms with E-state index in [-0.39, 0.29) is 11.6 Å². The summed E-state index contributed by atoms with van der Waals surface area (Å²) < 4.78 is 39.8. The topological polar surface area (TPSA) is 70.6 Å². The van der Waals surface area contributed by atoms with E-state index < -0.39 is 11.9 Å². The zero-order valence-corrected chi connectivity index (χ0v) is 13.0. The van der Waals surface area contributed by atoms with Crippen LogP contribution in [-0.2, 0) is 19.1 Å². The Kier molecular flexibility index (Phi) is 4.13. The van der Waals surface area contributed by atoms with E-state index in [1.807, 2.05) is 18.0 Å². The third-order valence-corrected chi connectivity index (χ3v) is 4.06. The van der Waals surface area contributed by atoms with Gasteiger partial charge in [-0.2, -0.15) is 18.4 Å². The molecule has 6 nitrogen and oxygen atoms in total. The minimum Gasteiger partial charge on any atom is -0.358 e. The molecule has 3 heterocycles. The largest absolute Gasteiger partial charge is 0.434 e. The number of anilines is 1. The molecule has 0 aliphatic carbocycles. The fourth-order valence-corrected chi connectivity index (χ4v) is 2.86. The van der Waals surface area contributed by atoms with Gasteiger partial charge in [-0.05, 0) is 12.3 Å². The van der Waals surface area contributed by atoms with Gasteiger partial charge >= 0.3 is 6.18 Å². The monoisotopic (exact) mass is 336 g/mol. The molecule has 1 atom stereocenters. The van der Waals surface area contributed by atoms with Crippen LogP contribution in [0.15, 0.2) is 18.6 Å². The van der Waals surface area contributed by atoms with Crippen LogP contribution >= 0.6 is 0 Å². The fourth-order valence-electron chi connectivity index (χ4n) is 2.86. The summed E-state index contributed by atoms with van der Waals surface area (Å²) in [5, 5.41) is 8.73. The molecule has 0 N–H and O–H groups in total. The third kappa shape index (κ3) is 3.32. The predicted octanol–water partition coefficient (Wildman–Crippen LogP) is 2.26. The lowest BCUT2D eigenvalue weighted by atomic mass is 9.99. The Hall–Kier alpha value is -2.63. The number of nitrogens with zero attached hydrogens (tertiary/aromatic N) is 6. The summed E-state index contributed by atoms with van der Waals surface area (Å²) in [4.78, 5) is 13.7. The van der Waals surface area contributed by atoms with E-state index in [9.17, 15) is 13.2 Å². The number of hydrogen-bond donors (Lipinski definition) is 0. The average molecular weight is 336 g/mol. The van der Waals surface area contributed by atoms with Crippen molar-refractivity contribution in [2.75, 3.05) is 18.5 Å². The number of rotatable bonds is 3. The maximum Gasteiger partial charge on any atom is 0.434 e. The van der Waals surface area contributed by atoms with Crippen LogP contribution in [0.1, 0.15) is 23.6 Å². The van der Waals surface area contributed by atoms with Crippen LogP contribution in [0.4, 0.5) is 19.0 Å². The molecule has 2 aromatic rings. The van der Waals surface area contributed by atoms with E-state index in [1.54, 1.807) is 4.57 Å². The van der Waals surface area contributed by atoms with Gasteiger partial charge in [0.15, 0.2) is 11.4 Å². The number of aryl methyl sites for hydroxylation is 1. The molecule has 1 aliphatic heterocycles. The molecule has 3 rings (SSSR count). The minimum atomic E-state index is -4.41. The third-order valence-electron chi connectivity index (χ3n) is 4.06. The van der Waals surface area contributed by atoms with Crippen molar-refractivity contribution in [3.05, 3.63) is 35.8 Å². The second-order valence-electron chi connectivity index (χ2n) is 5.85. The lowest BCUT2D eigenvalue weighted by Gasteiger charge is -2.28.